The van der Waals surface area contributed by atoms with Crippen molar-refractivity contribution in [2.45, 2.75) is 154 Å². The van der Waals surface area contributed by atoms with Gasteiger partial charge in [-0.15, -0.1) is 0 Å². The largest absolute Gasteiger partial charge is 0.481 e. The molecule has 4 heteroatoms. The Kier molecular flexibility index (Phi) is 13.2. The van der Waals surface area contributed by atoms with Crippen molar-refractivity contribution in [2.75, 3.05) is 0 Å². The van der Waals surface area contributed by atoms with Crippen molar-refractivity contribution >= 4 is 5.97 Å². The van der Waals surface area contributed by atoms with Crippen molar-refractivity contribution in [3.63, 3.8) is 0 Å². The predicted molar refractivity (Wildman–Crippen MR) is 126 cm³/mol. The average Bonchev–Trinajstić information content (AvgIpc) is 2.83. The van der Waals surface area contributed by atoms with Gasteiger partial charge in [-0.2, -0.15) is 5.06 Å². The van der Waals surface area contributed by atoms with E-state index in [0.29, 0.717) is 12.3 Å². The predicted octanol–water partition coefficient (Wildman–Crippen LogP) is 7.97. The first-order valence-corrected chi connectivity index (χ1v) is 12.9. The summed E-state index contributed by atoms with van der Waals surface area (Å²) in [6.45, 7) is 8.68. The van der Waals surface area contributed by atoms with Gasteiger partial charge < -0.3 is 10.3 Å². The number of nitrogens with zero attached hydrogens (tertiary/aromatic N) is 1. The maximum absolute atomic E-state index is 10.4. The number of unbranched alkanes of at least 4 members (excludes halogenated alkanes) is 14. The van der Waals surface area contributed by atoms with Gasteiger partial charge in [0.05, 0.1) is 0 Å². The van der Waals surface area contributed by atoms with E-state index in [1.165, 1.54) is 89.9 Å². The fourth-order valence-electron chi connectivity index (χ4n) is 5.31. The van der Waals surface area contributed by atoms with Crippen LogP contribution in [0.3, 0.4) is 0 Å². The van der Waals surface area contributed by atoms with Gasteiger partial charge in [0, 0.05) is 17.5 Å². The SMILES string of the molecule is CC1(C)CC(CCCCCCCCCCCCCCCCCC(=O)O)C(C)(C)N1O. The van der Waals surface area contributed by atoms with Crippen LogP contribution in [-0.4, -0.2) is 32.4 Å². The summed E-state index contributed by atoms with van der Waals surface area (Å²) < 4.78 is 0. The molecule has 1 aliphatic heterocycles. The molecule has 4 nitrogen and oxygen atoms in total. The Bertz CT molecular complexity index is 461. The second-order valence-corrected chi connectivity index (χ2v) is 10.9. The molecule has 0 aromatic heterocycles. The molecule has 0 bridgehead atoms. The lowest BCUT2D eigenvalue weighted by molar-refractivity contribution is -0.197. The van der Waals surface area contributed by atoms with Crippen LogP contribution in [0.4, 0.5) is 0 Å². The normalized spacial score (nSPS) is 20.6. The molecule has 0 amide bonds. The highest BCUT2D eigenvalue weighted by Crippen LogP contribution is 2.45. The lowest BCUT2D eigenvalue weighted by atomic mass is 9.83. The van der Waals surface area contributed by atoms with E-state index >= 15 is 0 Å². The molecule has 1 unspecified atom stereocenters. The Morgan fingerprint density at radius 2 is 1.10 bits per heavy atom. The molecule has 1 heterocycles. The molecule has 30 heavy (non-hydrogen) atoms. The summed E-state index contributed by atoms with van der Waals surface area (Å²) >= 11 is 0. The van der Waals surface area contributed by atoms with E-state index in [2.05, 4.69) is 27.7 Å². The van der Waals surface area contributed by atoms with Gasteiger partial charge >= 0.3 is 5.97 Å². The van der Waals surface area contributed by atoms with E-state index in [0.717, 1.165) is 19.3 Å². The fourth-order valence-corrected chi connectivity index (χ4v) is 5.31. The zero-order chi connectivity index (χ0) is 22.5. The number of hydroxylamine groups is 2. The van der Waals surface area contributed by atoms with Crippen LogP contribution in [0.15, 0.2) is 0 Å². The third kappa shape index (κ3) is 10.6. The minimum atomic E-state index is -0.661. The molecule has 1 aliphatic rings. The third-order valence-electron chi connectivity index (χ3n) is 7.31. The van der Waals surface area contributed by atoms with E-state index in [1.54, 1.807) is 5.06 Å². The summed E-state index contributed by atoms with van der Waals surface area (Å²) in [5, 5.41) is 20.6. The fraction of sp³-hybridized carbons (Fsp3) is 0.962. The van der Waals surface area contributed by atoms with Crippen LogP contribution in [0.25, 0.3) is 0 Å². The maximum Gasteiger partial charge on any atom is 0.303 e. The number of carboxylic acid groups (broad SMARTS) is 1. The van der Waals surface area contributed by atoms with Crippen molar-refractivity contribution in [2.24, 2.45) is 5.92 Å². The standard InChI is InChI=1S/C26H51NO3/c1-25(2)22-23(26(3,4)27(25)30)20-18-16-14-12-10-8-6-5-7-9-11-13-15-17-19-21-24(28)29/h23,30H,5-22H2,1-4H3,(H,28,29). The van der Waals surface area contributed by atoms with Gasteiger partial charge in [0.2, 0.25) is 0 Å². The minimum Gasteiger partial charge on any atom is -0.481 e. The monoisotopic (exact) mass is 425 g/mol. The second-order valence-electron chi connectivity index (χ2n) is 10.9. The van der Waals surface area contributed by atoms with Gasteiger partial charge in [0.15, 0.2) is 0 Å². The zero-order valence-corrected chi connectivity index (χ0v) is 20.6. The quantitative estimate of drug-likeness (QED) is 0.219. The molecule has 1 rings (SSSR count). The van der Waals surface area contributed by atoms with Crippen molar-refractivity contribution < 1.29 is 15.1 Å². The van der Waals surface area contributed by atoms with E-state index in [4.69, 9.17) is 5.11 Å². The average molecular weight is 426 g/mol. The van der Waals surface area contributed by atoms with E-state index in [9.17, 15) is 10.0 Å². The van der Waals surface area contributed by atoms with Crippen molar-refractivity contribution in [1.29, 1.82) is 0 Å². The molecule has 1 atom stereocenters. The van der Waals surface area contributed by atoms with E-state index < -0.39 is 5.97 Å². The molecule has 0 aromatic rings. The number of carbonyl (C=O) groups is 1. The van der Waals surface area contributed by atoms with E-state index in [1.807, 2.05) is 0 Å². The maximum atomic E-state index is 10.4. The minimum absolute atomic E-state index is 0.0872. The number of rotatable bonds is 18. The third-order valence-corrected chi connectivity index (χ3v) is 7.31. The molecule has 0 saturated carbocycles. The van der Waals surface area contributed by atoms with Gasteiger partial charge in [0.25, 0.3) is 0 Å². The molecule has 1 saturated heterocycles. The van der Waals surface area contributed by atoms with Gasteiger partial charge in [-0.25, -0.2) is 0 Å². The Balaban J connectivity index is 1.84. The number of hydrogen-bond donors (Lipinski definition) is 2. The van der Waals surface area contributed by atoms with Gasteiger partial charge in [0.1, 0.15) is 0 Å². The Morgan fingerprint density at radius 3 is 1.43 bits per heavy atom. The summed E-state index contributed by atoms with van der Waals surface area (Å²) in [5.41, 5.74) is -0.181. The Hall–Kier alpha value is -0.610. The van der Waals surface area contributed by atoms with Crippen molar-refractivity contribution in [1.82, 2.24) is 5.06 Å². The van der Waals surface area contributed by atoms with Gasteiger partial charge in [-0.1, -0.05) is 89.9 Å². The van der Waals surface area contributed by atoms with Crippen LogP contribution in [0.1, 0.15) is 143 Å². The molecule has 1 fully saturated rings. The zero-order valence-electron chi connectivity index (χ0n) is 20.6. The van der Waals surface area contributed by atoms with Crippen LogP contribution in [0.5, 0.6) is 0 Å². The Labute approximate surface area is 186 Å². The Morgan fingerprint density at radius 1 is 0.733 bits per heavy atom. The first-order valence-electron chi connectivity index (χ1n) is 12.9. The van der Waals surface area contributed by atoms with Crippen LogP contribution in [0.2, 0.25) is 0 Å². The summed E-state index contributed by atoms with van der Waals surface area (Å²) in [7, 11) is 0. The molecular formula is C26H51NO3. The van der Waals surface area contributed by atoms with Gasteiger partial charge in [-0.05, 0) is 52.9 Å². The van der Waals surface area contributed by atoms with Gasteiger partial charge in [-0.3, -0.25) is 4.79 Å². The topological polar surface area (TPSA) is 60.8 Å². The molecule has 0 spiro atoms. The first-order chi connectivity index (χ1) is 14.2. The highest BCUT2D eigenvalue weighted by Gasteiger charge is 2.50. The number of aliphatic carboxylic acids is 1. The molecular weight excluding hydrogens is 374 g/mol. The lowest BCUT2D eigenvalue weighted by Gasteiger charge is -2.36. The lowest BCUT2D eigenvalue weighted by Crippen LogP contribution is -2.47. The molecule has 178 valence electrons. The van der Waals surface area contributed by atoms with Crippen LogP contribution in [-0.2, 0) is 4.79 Å². The molecule has 0 radical (unpaired) electrons. The van der Waals surface area contributed by atoms with Crippen molar-refractivity contribution in [3.05, 3.63) is 0 Å². The molecule has 2 N–H and O–H groups in total. The first kappa shape index (κ1) is 27.4. The van der Waals surface area contributed by atoms with Crippen molar-refractivity contribution in [3.8, 4) is 0 Å². The molecule has 0 aliphatic carbocycles. The van der Waals surface area contributed by atoms with Crippen LogP contribution < -0.4 is 0 Å². The van der Waals surface area contributed by atoms with E-state index in [-0.39, 0.29) is 11.1 Å². The summed E-state index contributed by atoms with van der Waals surface area (Å²) in [6, 6.07) is 0. The summed E-state index contributed by atoms with van der Waals surface area (Å²) in [4.78, 5) is 10.4. The van der Waals surface area contributed by atoms with Crippen LogP contribution >= 0.6 is 0 Å². The van der Waals surface area contributed by atoms with Crippen LogP contribution in [0, 0.1) is 5.92 Å². The molecule has 0 aromatic carbocycles. The highest BCUT2D eigenvalue weighted by atomic mass is 16.5. The number of hydrogen-bond acceptors (Lipinski definition) is 3. The summed E-state index contributed by atoms with van der Waals surface area (Å²) in [6.07, 6.45) is 22.0. The second kappa shape index (κ2) is 14.5. The highest BCUT2D eigenvalue weighted by molar-refractivity contribution is 5.66. The summed E-state index contributed by atoms with van der Waals surface area (Å²) in [5.74, 6) is -0.0615. The smallest absolute Gasteiger partial charge is 0.303 e. The number of carboxylic acids is 1.